The van der Waals surface area contributed by atoms with E-state index in [1.807, 2.05) is 17.7 Å². The van der Waals surface area contributed by atoms with Gasteiger partial charge in [-0.15, -0.1) is 0 Å². The SMILES string of the molecule is CCNCC1CCN(S(=O)(=O)NCc2cscc2C)CC1. The minimum Gasteiger partial charge on any atom is -0.317 e. The lowest BCUT2D eigenvalue weighted by atomic mass is 9.98. The first kappa shape index (κ1) is 16.9. The van der Waals surface area contributed by atoms with E-state index in [2.05, 4.69) is 17.0 Å². The topological polar surface area (TPSA) is 61.4 Å². The molecule has 0 atom stereocenters. The Morgan fingerprint density at radius 3 is 2.62 bits per heavy atom. The Morgan fingerprint density at radius 2 is 2.05 bits per heavy atom. The third-order valence-corrected chi connectivity index (χ3v) is 6.47. The zero-order chi connectivity index (χ0) is 15.3. The highest BCUT2D eigenvalue weighted by atomic mass is 32.2. The molecule has 2 heterocycles. The molecule has 0 unspecified atom stereocenters. The summed E-state index contributed by atoms with van der Waals surface area (Å²) in [6.07, 6.45) is 1.87. The van der Waals surface area contributed by atoms with E-state index in [-0.39, 0.29) is 0 Å². The fourth-order valence-electron chi connectivity index (χ4n) is 2.53. The van der Waals surface area contributed by atoms with Crippen molar-refractivity contribution in [3.8, 4) is 0 Å². The third kappa shape index (κ3) is 4.75. The predicted molar refractivity (Wildman–Crippen MR) is 87.7 cm³/mol. The Kier molecular flexibility index (Phi) is 6.19. The van der Waals surface area contributed by atoms with Gasteiger partial charge in [0.25, 0.3) is 10.2 Å². The number of nitrogens with zero attached hydrogens (tertiary/aromatic N) is 1. The van der Waals surface area contributed by atoms with Gasteiger partial charge in [-0.05, 0) is 60.7 Å². The van der Waals surface area contributed by atoms with Gasteiger partial charge in [-0.25, -0.2) is 0 Å². The molecule has 21 heavy (non-hydrogen) atoms. The van der Waals surface area contributed by atoms with Gasteiger partial charge in [-0.2, -0.15) is 28.8 Å². The fourth-order valence-corrected chi connectivity index (χ4v) is 4.60. The Labute approximate surface area is 131 Å². The van der Waals surface area contributed by atoms with Gasteiger partial charge in [0.05, 0.1) is 0 Å². The van der Waals surface area contributed by atoms with E-state index >= 15 is 0 Å². The van der Waals surface area contributed by atoms with Gasteiger partial charge in [0, 0.05) is 19.6 Å². The first-order chi connectivity index (χ1) is 10.0. The molecule has 1 aromatic heterocycles. The molecule has 1 aliphatic rings. The summed E-state index contributed by atoms with van der Waals surface area (Å²) in [6, 6.07) is 0. The Bertz CT molecular complexity index is 534. The van der Waals surface area contributed by atoms with Gasteiger partial charge in [0.2, 0.25) is 0 Å². The van der Waals surface area contributed by atoms with Gasteiger partial charge in [-0.3, -0.25) is 0 Å². The number of piperidine rings is 1. The van der Waals surface area contributed by atoms with Crippen molar-refractivity contribution in [1.29, 1.82) is 0 Å². The molecule has 0 radical (unpaired) electrons. The maximum absolute atomic E-state index is 12.3. The van der Waals surface area contributed by atoms with Crippen LogP contribution < -0.4 is 10.0 Å². The largest absolute Gasteiger partial charge is 0.317 e. The summed E-state index contributed by atoms with van der Waals surface area (Å²) in [5, 5.41) is 7.38. The molecule has 1 aliphatic heterocycles. The van der Waals surface area contributed by atoms with Crippen LogP contribution in [0.5, 0.6) is 0 Å². The zero-order valence-corrected chi connectivity index (χ0v) is 14.4. The van der Waals surface area contributed by atoms with Crippen molar-refractivity contribution in [2.45, 2.75) is 33.2 Å². The van der Waals surface area contributed by atoms with Crippen molar-refractivity contribution < 1.29 is 8.42 Å². The quantitative estimate of drug-likeness (QED) is 0.800. The summed E-state index contributed by atoms with van der Waals surface area (Å²) in [6.45, 7) is 7.69. The van der Waals surface area contributed by atoms with E-state index in [0.717, 1.165) is 37.1 Å². The van der Waals surface area contributed by atoms with Gasteiger partial charge in [0.15, 0.2) is 0 Å². The summed E-state index contributed by atoms with van der Waals surface area (Å²) < 4.78 is 28.9. The van der Waals surface area contributed by atoms with Crippen LogP contribution in [-0.2, 0) is 16.8 Å². The van der Waals surface area contributed by atoms with E-state index < -0.39 is 10.2 Å². The first-order valence-electron chi connectivity index (χ1n) is 7.50. The van der Waals surface area contributed by atoms with E-state index in [4.69, 9.17) is 0 Å². The standard InChI is InChI=1S/C14H25N3O2S2/c1-3-15-8-13-4-6-17(7-5-13)21(18,19)16-9-14-11-20-10-12(14)2/h10-11,13,15-16H,3-9H2,1-2H3. The molecule has 120 valence electrons. The molecular weight excluding hydrogens is 306 g/mol. The van der Waals surface area contributed by atoms with Gasteiger partial charge >= 0.3 is 0 Å². The summed E-state index contributed by atoms with van der Waals surface area (Å²) in [5.74, 6) is 0.593. The molecule has 0 spiro atoms. The first-order valence-corrected chi connectivity index (χ1v) is 9.88. The lowest BCUT2D eigenvalue weighted by Crippen LogP contribution is -2.45. The molecule has 2 N–H and O–H groups in total. The highest BCUT2D eigenvalue weighted by Crippen LogP contribution is 2.19. The van der Waals surface area contributed by atoms with Crippen LogP contribution in [0.3, 0.4) is 0 Å². The van der Waals surface area contributed by atoms with E-state index in [9.17, 15) is 8.42 Å². The maximum atomic E-state index is 12.3. The van der Waals surface area contributed by atoms with E-state index in [0.29, 0.717) is 25.6 Å². The van der Waals surface area contributed by atoms with Crippen LogP contribution in [-0.4, -0.2) is 38.9 Å². The molecule has 0 bridgehead atoms. The number of hydrogen-bond donors (Lipinski definition) is 2. The number of nitrogens with one attached hydrogen (secondary N) is 2. The minimum atomic E-state index is -3.35. The van der Waals surface area contributed by atoms with Crippen LogP contribution >= 0.6 is 11.3 Å². The lowest BCUT2D eigenvalue weighted by Gasteiger charge is -2.31. The summed E-state index contributed by atoms with van der Waals surface area (Å²) >= 11 is 1.60. The molecule has 1 aromatic rings. The highest BCUT2D eigenvalue weighted by Gasteiger charge is 2.27. The number of thiophene rings is 1. The van der Waals surface area contributed by atoms with E-state index in [1.54, 1.807) is 15.6 Å². The molecule has 0 aliphatic carbocycles. The molecule has 7 heteroatoms. The summed E-state index contributed by atoms with van der Waals surface area (Å²) in [5.41, 5.74) is 2.21. The fraction of sp³-hybridized carbons (Fsp3) is 0.714. The monoisotopic (exact) mass is 331 g/mol. The number of aryl methyl sites for hydroxylation is 1. The van der Waals surface area contributed by atoms with Crippen LogP contribution in [0.1, 0.15) is 30.9 Å². The second kappa shape index (κ2) is 7.69. The Hall–Kier alpha value is -0.470. The molecule has 0 aromatic carbocycles. The molecule has 1 fully saturated rings. The summed E-state index contributed by atoms with van der Waals surface area (Å²) in [7, 11) is -3.35. The Morgan fingerprint density at radius 1 is 1.33 bits per heavy atom. The average molecular weight is 332 g/mol. The normalized spacial score (nSPS) is 18.2. The second-order valence-corrected chi connectivity index (χ2v) is 8.06. The lowest BCUT2D eigenvalue weighted by molar-refractivity contribution is 0.266. The second-order valence-electron chi connectivity index (χ2n) is 5.56. The average Bonchev–Trinajstić information content (AvgIpc) is 2.89. The van der Waals surface area contributed by atoms with Crippen LogP contribution in [0.4, 0.5) is 0 Å². The van der Waals surface area contributed by atoms with Crippen molar-refractivity contribution in [2.75, 3.05) is 26.2 Å². The molecule has 0 amide bonds. The van der Waals surface area contributed by atoms with E-state index in [1.165, 1.54) is 0 Å². The van der Waals surface area contributed by atoms with Gasteiger partial charge in [-0.1, -0.05) is 6.92 Å². The molecule has 0 saturated carbocycles. The molecular formula is C14H25N3O2S2. The van der Waals surface area contributed by atoms with Crippen molar-refractivity contribution in [2.24, 2.45) is 5.92 Å². The van der Waals surface area contributed by atoms with Crippen LogP contribution in [0.15, 0.2) is 10.8 Å². The molecule has 1 saturated heterocycles. The number of hydrogen-bond acceptors (Lipinski definition) is 4. The molecule has 2 rings (SSSR count). The van der Waals surface area contributed by atoms with Crippen molar-refractivity contribution in [3.05, 3.63) is 21.9 Å². The van der Waals surface area contributed by atoms with Crippen LogP contribution in [0.25, 0.3) is 0 Å². The maximum Gasteiger partial charge on any atom is 0.279 e. The van der Waals surface area contributed by atoms with Gasteiger partial charge < -0.3 is 5.32 Å². The minimum absolute atomic E-state index is 0.384. The summed E-state index contributed by atoms with van der Waals surface area (Å²) in [4.78, 5) is 0. The number of rotatable bonds is 7. The van der Waals surface area contributed by atoms with Crippen molar-refractivity contribution in [1.82, 2.24) is 14.3 Å². The zero-order valence-electron chi connectivity index (χ0n) is 12.8. The predicted octanol–water partition coefficient (Wildman–Crippen LogP) is 1.71. The highest BCUT2D eigenvalue weighted by molar-refractivity contribution is 7.87. The van der Waals surface area contributed by atoms with Gasteiger partial charge in [0.1, 0.15) is 0 Å². The third-order valence-electron chi connectivity index (χ3n) is 4.00. The van der Waals surface area contributed by atoms with Crippen molar-refractivity contribution in [3.63, 3.8) is 0 Å². The van der Waals surface area contributed by atoms with Crippen LogP contribution in [0, 0.1) is 12.8 Å². The Balaban J connectivity index is 1.82. The molecule has 5 nitrogen and oxygen atoms in total. The smallest absolute Gasteiger partial charge is 0.279 e. The van der Waals surface area contributed by atoms with Crippen LogP contribution in [0.2, 0.25) is 0 Å². The van der Waals surface area contributed by atoms with Crippen molar-refractivity contribution >= 4 is 21.5 Å².